The molecule has 2 atom stereocenters. The molecule has 0 saturated carbocycles. The molecule has 0 radical (unpaired) electrons. The fourth-order valence-corrected chi connectivity index (χ4v) is 1.32. The average Bonchev–Trinajstić information content (AvgIpc) is 2.32. The Labute approximate surface area is 66.1 Å². The van der Waals surface area contributed by atoms with Gasteiger partial charge in [0, 0.05) is 13.1 Å². The quantitative estimate of drug-likeness (QED) is 0.485. The number of esters is 1. The molecule has 1 saturated heterocycles. The van der Waals surface area contributed by atoms with Gasteiger partial charge in [0.15, 0.2) is 0 Å². The monoisotopic (exact) mass is 158 g/mol. The van der Waals surface area contributed by atoms with Crippen LogP contribution in [0.25, 0.3) is 0 Å². The lowest BCUT2D eigenvalue weighted by atomic mass is 9.90. The number of methoxy groups -OCH3 is 1. The first-order chi connectivity index (χ1) is 5.11. The summed E-state index contributed by atoms with van der Waals surface area (Å²) in [4.78, 5) is 11.2. The Hall–Kier alpha value is -0.610. The van der Waals surface area contributed by atoms with Gasteiger partial charge in [-0.15, -0.1) is 0 Å². The van der Waals surface area contributed by atoms with E-state index in [9.17, 15) is 4.79 Å². The molecule has 0 spiro atoms. The molecule has 0 amide bonds. The van der Waals surface area contributed by atoms with Gasteiger partial charge >= 0.3 is 5.97 Å². The van der Waals surface area contributed by atoms with Gasteiger partial charge < -0.3 is 15.8 Å². The lowest BCUT2D eigenvalue weighted by molar-refractivity contribution is -0.147. The standard InChI is InChI=1S/C7H14N2O2/c1-5-3-9-4-7(5,8)6(10)11-2/h5,9H,3-4,8H2,1-2H3. The van der Waals surface area contributed by atoms with Gasteiger partial charge in [-0.3, -0.25) is 4.79 Å². The van der Waals surface area contributed by atoms with Crippen LogP contribution in [0.15, 0.2) is 0 Å². The number of nitrogens with one attached hydrogen (secondary N) is 1. The van der Waals surface area contributed by atoms with E-state index < -0.39 is 5.54 Å². The van der Waals surface area contributed by atoms with Gasteiger partial charge in [0.2, 0.25) is 0 Å². The molecule has 0 aliphatic carbocycles. The number of hydrogen-bond donors (Lipinski definition) is 2. The van der Waals surface area contributed by atoms with Crippen molar-refractivity contribution in [3.8, 4) is 0 Å². The Morgan fingerprint density at radius 2 is 2.45 bits per heavy atom. The van der Waals surface area contributed by atoms with Crippen LogP contribution in [0.1, 0.15) is 6.92 Å². The second kappa shape index (κ2) is 2.79. The van der Waals surface area contributed by atoms with E-state index in [4.69, 9.17) is 5.73 Å². The zero-order valence-electron chi connectivity index (χ0n) is 6.89. The van der Waals surface area contributed by atoms with Gasteiger partial charge in [0.05, 0.1) is 7.11 Å². The van der Waals surface area contributed by atoms with Gasteiger partial charge in [0.25, 0.3) is 0 Å². The third-order valence-corrected chi connectivity index (χ3v) is 2.31. The summed E-state index contributed by atoms with van der Waals surface area (Å²) in [7, 11) is 1.36. The SMILES string of the molecule is COC(=O)C1(N)CNCC1C. The van der Waals surface area contributed by atoms with E-state index in [1.54, 1.807) is 0 Å². The highest BCUT2D eigenvalue weighted by molar-refractivity contribution is 5.81. The van der Waals surface area contributed by atoms with Crippen molar-refractivity contribution in [1.82, 2.24) is 5.32 Å². The maximum Gasteiger partial charge on any atom is 0.327 e. The van der Waals surface area contributed by atoms with Crippen LogP contribution in [0, 0.1) is 5.92 Å². The summed E-state index contributed by atoms with van der Waals surface area (Å²) in [5.74, 6) is -0.176. The number of rotatable bonds is 1. The molecule has 2 unspecified atom stereocenters. The van der Waals surface area contributed by atoms with Crippen LogP contribution >= 0.6 is 0 Å². The molecule has 4 heteroatoms. The summed E-state index contributed by atoms with van der Waals surface area (Å²) >= 11 is 0. The number of nitrogens with two attached hydrogens (primary N) is 1. The zero-order valence-corrected chi connectivity index (χ0v) is 6.89. The summed E-state index contributed by atoms with van der Waals surface area (Å²) in [6, 6.07) is 0. The van der Waals surface area contributed by atoms with Crippen LogP contribution in [0.4, 0.5) is 0 Å². The molecule has 0 aromatic rings. The molecule has 0 aromatic carbocycles. The lowest BCUT2D eigenvalue weighted by Crippen LogP contribution is -2.54. The van der Waals surface area contributed by atoms with E-state index in [-0.39, 0.29) is 11.9 Å². The van der Waals surface area contributed by atoms with E-state index in [1.165, 1.54) is 7.11 Å². The summed E-state index contributed by atoms with van der Waals surface area (Å²) in [5, 5.41) is 3.05. The molecule has 1 aliphatic heterocycles. The largest absolute Gasteiger partial charge is 0.468 e. The van der Waals surface area contributed by atoms with Crippen LogP contribution < -0.4 is 11.1 Å². The topological polar surface area (TPSA) is 64.3 Å². The van der Waals surface area contributed by atoms with Crippen molar-refractivity contribution in [3.05, 3.63) is 0 Å². The average molecular weight is 158 g/mol. The van der Waals surface area contributed by atoms with E-state index in [1.807, 2.05) is 6.92 Å². The molecule has 3 N–H and O–H groups in total. The van der Waals surface area contributed by atoms with Crippen molar-refractivity contribution >= 4 is 5.97 Å². The highest BCUT2D eigenvalue weighted by atomic mass is 16.5. The Bertz CT molecular complexity index is 172. The summed E-state index contributed by atoms with van der Waals surface area (Å²) in [6.45, 7) is 3.24. The molecule has 1 rings (SSSR count). The van der Waals surface area contributed by atoms with Gasteiger partial charge in [-0.1, -0.05) is 6.92 Å². The normalized spacial score (nSPS) is 37.2. The second-order valence-electron chi connectivity index (χ2n) is 3.06. The Balaban J connectivity index is 2.72. The fraction of sp³-hybridized carbons (Fsp3) is 0.857. The van der Waals surface area contributed by atoms with Crippen molar-refractivity contribution in [3.63, 3.8) is 0 Å². The van der Waals surface area contributed by atoms with E-state index >= 15 is 0 Å². The summed E-state index contributed by atoms with van der Waals surface area (Å²) in [5.41, 5.74) is 5.01. The van der Waals surface area contributed by atoms with Gasteiger partial charge in [-0.25, -0.2) is 0 Å². The maximum absolute atomic E-state index is 11.2. The number of hydrogen-bond acceptors (Lipinski definition) is 4. The molecule has 0 bridgehead atoms. The van der Waals surface area contributed by atoms with E-state index in [0.717, 1.165) is 6.54 Å². The predicted octanol–water partition coefficient (Wildman–Crippen LogP) is -0.904. The minimum absolute atomic E-state index is 0.148. The van der Waals surface area contributed by atoms with Crippen LogP contribution in [0.5, 0.6) is 0 Å². The highest BCUT2D eigenvalue weighted by Crippen LogP contribution is 2.19. The van der Waals surface area contributed by atoms with E-state index in [2.05, 4.69) is 10.1 Å². The highest BCUT2D eigenvalue weighted by Gasteiger charge is 2.44. The summed E-state index contributed by atoms with van der Waals surface area (Å²) in [6.07, 6.45) is 0. The van der Waals surface area contributed by atoms with Crippen molar-refractivity contribution in [2.24, 2.45) is 11.7 Å². The smallest absolute Gasteiger partial charge is 0.327 e. The minimum Gasteiger partial charge on any atom is -0.468 e. The van der Waals surface area contributed by atoms with Gasteiger partial charge in [-0.05, 0) is 5.92 Å². The van der Waals surface area contributed by atoms with Crippen molar-refractivity contribution < 1.29 is 9.53 Å². The fourth-order valence-electron chi connectivity index (χ4n) is 1.32. The lowest BCUT2D eigenvalue weighted by Gasteiger charge is -2.24. The number of ether oxygens (including phenoxy) is 1. The molecule has 0 aromatic heterocycles. The Kier molecular flexibility index (Phi) is 2.15. The molecular weight excluding hydrogens is 144 g/mol. The van der Waals surface area contributed by atoms with Crippen molar-refractivity contribution in [2.45, 2.75) is 12.5 Å². The molecular formula is C7H14N2O2. The Morgan fingerprint density at radius 3 is 2.82 bits per heavy atom. The molecule has 64 valence electrons. The molecule has 11 heavy (non-hydrogen) atoms. The van der Waals surface area contributed by atoms with E-state index in [0.29, 0.717) is 6.54 Å². The molecule has 4 nitrogen and oxygen atoms in total. The first kappa shape index (κ1) is 8.49. The van der Waals surface area contributed by atoms with Crippen LogP contribution in [-0.4, -0.2) is 31.7 Å². The first-order valence-corrected chi connectivity index (χ1v) is 3.69. The third kappa shape index (κ3) is 1.23. The summed E-state index contributed by atoms with van der Waals surface area (Å²) < 4.78 is 4.60. The zero-order chi connectivity index (χ0) is 8.48. The second-order valence-corrected chi connectivity index (χ2v) is 3.06. The third-order valence-electron chi connectivity index (χ3n) is 2.31. The first-order valence-electron chi connectivity index (χ1n) is 3.69. The van der Waals surface area contributed by atoms with Crippen LogP contribution in [-0.2, 0) is 9.53 Å². The Morgan fingerprint density at radius 1 is 1.82 bits per heavy atom. The number of carbonyl (C=O) groups is 1. The predicted molar refractivity (Wildman–Crippen MR) is 41.0 cm³/mol. The maximum atomic E-state index is 11.2. The van der Waals surface area contributed by atoms with Gasteiger partial charge in [-0.2, -0.15) is 0 Å². The van der Waals surface area contributed by atoms with Crippen LogP contribution in [0.2, 0.25) is 0 Å². The van der Waals surface area contributed by atoms with Crippen LogP contribution in [0.3, 0.4) is 0 Å². The molecule has 1 heterocycles. The van der Waals surface area contributed by atoms with Gasteiger partial charge in [0.1, 0.15) is 5.54 Å². The van der Waals surface area contributed by atoms with Crippen molar-refractivity contribution in [2.75, 3.05) is 20.2 Å². The molecule has 1 fully saturated rings. The molecule has 1 aliphatic rings. The van der Waals surface area contributed by atoms with Crippen molar-refractivity contribution in [1.29, 1.82) is 0 Å². The number of carbonyl (C=O) groups excluding carboxylic acids is 1. The minimum atomic E-state index is -0.811.